The van der Waals surface area contributed by atoms with Crippen LogP contribution in [-0.4, -0.2) is 41.9 Å². The number of sulfonamides is 1. The molecule has 11 heteroatoms. The first-order valence-corrected chi connectivity index (χ1v) is 11.0. The number of nitrogens with zero attached hydrogens (tertiary/aromatic N) is 3. The molecule has 2 aromatic heterocycles. The van der Waals surface area contributed by atoms with Crippen LogP contribution >= 0.6 is 11.3 Å². The lowest BCUT2D eigenvalue weighted by atomic mass is 10.2. The van der Waals surface area contributed by atoms with Gasteiger partial charge >= 0.3 is 5.97 Å². The number of benzene rings is 1. The third-order valence-corrected chi connectivity index (χ3v) is 6.95. The molecule has 0 N–H and O–H groups in total. The van der Waals surface area contributed by atoms with Crippen LogP contribution in [0.4, 0.5) is 4.39 Å². The fourth-order valence-electron chi connectivity index (χ4n) is 2.56. The molecule has 3 aromatic rings. The van der Waals surface area contributed by atoms with Gasteiger partial charge in [-0.15, -0.1) is 11.3 Å². The van der Waals surface area contributed by atoms with E-state index in [4.69, 9.17) is 9.26 Å². The van der Waals surface area contributed by atoms with Crippen LogP contribution in [0.2, 0.25) is 0 Å². The van der Waals surface area contributed by atoms with Crippen LogP contribution in [-0.2, 0) is 21.4 Å². The van der Waals surface area contributed by atoms with Crippen molar-refractivity contribution in [1.82, 2.24) is 14.4 Å². The Labute approximate surface area is 171 Å². The maximum Gasteiger partial charge on any atom is 0.341 e. The molecular formula is C18H18FN3O5S2. The summed E-state index contributed by atoms with van der Waals surface area (Å²) < 4.78 is 50.6. The largest absolute Gasteiger partial charge is 0.452 e. The molecule has 8 nitrogen and oxygen atoms in total. The lowest BCUT2D eigenvalue weighted by Gasteiger charge is -2.18. The summed E-state index contributed by atoms with van der Waals surface area (Å²) in [5.41, 5.74) is -0.490. The van der Waals surface area contributed by atoms with Crippen molar-refractivity contribution in [2.75, 3.05) is 13.1 Å². The highest BCUT2D eigenvalue weighted by molar-refractivity contribution is 7.89. The normalized spacial score (nSPS) is 11.7. The first-order valence-electron chi connectivity index (χ1n) is 8.70. The Morgan fingerprint density at radius 3 is 2.69 bits per heavy atom. The average molecular weight is 439 g/mol. The van der Waals surface area contributed by atoms with E-state index in [2.05, 4.69) is 10.1 Å². The number of aromatic nitrogens is 2. The van der Waals surface area contributed by atoms with Crippen LogP contribution in [0.15, 0.2) is 45.1 Å². The molecule has 0 spiro atoms. The van der Waals surface area contributed by atoms with Crippen molar-refractivity contribution in [2.24, 2.45) is 0 Å². The highest BCUT2D eigenvalue weighted by Crippen LogP contribution is 2.22. The maximum atomic E-state index is 14.1. The number of halogens is 1. The van der Waals surface area contributed by atoms with Crippen molar-refractivity contribution < 1.29 is 26.9 Å². The van der Waals surface area contributed by atoms with E-state index < -0.39 is 27.4 Å². The van der Waals surface area contributed by atoms with Gasteiger partial charge in [0.05, 0.1) is 15.3 Å². The Kier molecular flexibility index (Phi) is 6.40. The lowest BCUT2D eigenvalue weighted by molar-refractivity contribution is 0.0424. The van der Waals surface area contributed by atoms with Crippen molar-refractivity contribution >= 4 is 27.3 Å². The second-order valence-corrected chi connectivity index (χ2v) is 8.68. The van der Waals surface area contributed by atoms with Crippen LogP contribution in [0.1, 0.15) is 30.1 Å². The van der Waals surface area contributed by atoms with E-state index in [0.29, 0.717) is 5.82 Å². The molecule has 29 heavy (non-hydrogen) atoms. The van der Waals surface area contributed by atoms with E-state index in [1.54, 1.807) is 13.8 Å². The molecule has 0 radical (unpaired) electrons. The van der Waals surface area contributed by atoms with Gasteiger partial charge in [-0.05, 0) is 29.6 Å². The predicted molar refractivity (Wildman–Crippen MR) is 103 cm³/mol. The fraction of sp³-hybridized carbons (Fsp3) is 0.278. The Morgan fingerprint density at radius 1 is 1.28 bits per heavy atom. The summed E-state index contributed by atoms with van der Waals surface area (Å²) in [5.74, 6) is -1.54. The van der Waals surface area contributed by atoms with Gasteiger partial charge in [0.15, 0.2) is 6.61 Å². The van der Waals surface area contributed by atoms with Crippen molar-refractivity contribution in [2.45, 2.75) is 25.3 Å². The fourth-order valence-corrected chi connectivity index (χ4v) is 4.69. The molecule has 0 amide bonds. The monoisotopic (exact) mass is 439 g/mol. The van der Waals surface area contributed by atoms with Crippen LogP contribution in [0.25, 0.3) is 10.7 Å². The van der Waals surface area contributed by atoms with E-state index in [0.717, 1.165) is 23.1 Å². The predicted octanol–water partition coefficient (Wildman–Crippen LogP) is 3.32. The van der Waals surface area contributed by atoms with Crippen LogP contribution < -0.4 is 0 Å². The first-order chi connectivity index (χ1) is 13.9. The van der Waals surface area contributed by atoms with E-state index in [-0.39, 0.29) is 30.5 Å². The molecule has 0 atom stereocenters. The first kappa shape index (κ1) is 21.1. The smallest absolute Gasteiger partial charge is 0.341 e. The number of rotatable bonds is 8. The quantitative estimate of drug-likeness (QED) is 0.496. The summed E-state index contributed by atoms with van der Waals surface area (Å²) in [6.45, 7) is 3.51. The number of carbonyl (C=O) groups is 1. The lowest BCUT2D eigenvalue weighted by Crippen LogP contribution is -2.30. The van der Waals surface area contributed by atoms with E-state index in [1.165, 1.54) is 15.6 Å². The van der Waals surface area contributed by atoms with Crippen molar-refractivity contribution in [3.63, 3.8) is 0 Å². The minimum Gasteiger partial charge on any atom is -0.452 e. The van der Waals surface area contributed by atoms with Crippen molar-refractivity contribution in [3.8, 4) is 10.7 Å². The SMILES string of the molecule is CCN(CC)S(=O)(=O)c1ccc(F)c(C(=O)OCc2nc(-c3cccs3)no2)c1. The van der Waals surface area contributed by atoms with Gasteiger partial charge < -0.3 is 9.26 Å². The molecule has 0 fully saturated rings. The van der Waals surface area contributed by atoms with Gasteiger partial charge in [0, 0.05) is 13.1 Å². The van der Waals surface area contributed by atoms with Crippen LogP contribution in [0.5, 0.6) is 0 Å². The number of thiophene rings is 1. The van der Waals surface area contributed by atoms with Crippen LogP contribution in [0, 0.1) is 5.82 Å². The minimum atomic E-state index is -3.84. The number of carbonyl (C=O) groups excluding carboxylic acids is 1. The average Bonchev–Trinajstić information content (AvgIpc) is 3.38. The van der Waals surface area contributed by atoms with E-state index in [1.807, 2.05) is 17.5 Å². The molecule has 1 aromatic carbocycles. The Bertz CT molecular complexity index is 1090. The highest BCUT2D eigenvalue weighted by Gasteiger charge is 2.25. The van der Waals surface area contributed by atoms with Gasteiger partial charge in [-0.25, -0.2) is 17.6 Å². The zero-order chi connectivity index (χ0) is 21.0. The highest BCUT2D eigenvalue weighted by atomic mass is 32.2. The third-order valence-electron chi connectivity index (χ3n) is 4.04. The Balaban J connectivity index is 1.76. The molecule has 0 bridgehead atoms. The molecule has 0 unspecified atom stereocenters. The summed E-state index contributed by atoms with van der Waals surface area (Å²) in [6.07, 6.45) is 0. The number of hydrogen-bond acceptors (Lipinski definition) is 8. The third kappa shape index (κ3) is 4.52. The van der Waals surface area contributed by atoms with Gasteiger partial charge in [-0.2, -0.15) is 9.29 Å². The van der Waals surface area contributed by atoms with Crippen molar-refractivity contribution in [3.05, 3.63) is 53.0 Å². The Hall–Kier alpha value is -2.63. The maximum absolute atomic E-state index is 14.1. The standard InChI is InChI=1S/C18H18FN3O5S2/c1-3-22(4-2)29(24,25)12-7-8-14(19)13(10-12)18(23)26-11-16-20-17(21-27-16)15-6-5-9-28-15/h5-10H,3-4,11H2,1-2H3. The topological polar surface area (TPSA) is 103 Å². The second kappa shape index (κ2) is 8.80. The molecule has 0 saturated heterocycles. The molecule has 0 aliphatic heterocycles. The molecule has 3 rings (SSSR count). The van der Waals surface area contributed by atoms with Gasteiger partial charge in [-0.3, -0.25) is 0 Å². The van der Waals surface area contributed by atoms with Gasteiger partial charge in [0.25, 0.3) is 5.89 Å². The number of ether oxygens (including phenoxy) is 1. The summed E-state index contributed by atoms with van der Waals surface area (Å²) in [5, 5.41) is 5.64. The summed E-state index contributed by atoms with van der Waals surface area (Å²) in [7, 11) is -3.84. The van der Waals surface area contributed by atoms with Gasteiger partial charge in [0.1, 0.15) is 5.82 Å². The molecule has 0 saturated carbocycles. The van der Waals surface area contributed by atoms with E-state index in [9.17, 15) is 17.6 Å². The second-order valence-electron chi connectivity index (χ2n) is 5.80. The van der Waals surface area contributed by atoms with Crippen molar-refractivity contribution in [1.29, 1.82) is 0 Å². The molecule has 0 aliphatic rings. The molecule has 2 heterocycles. The number of esters is 1. The van der Waals surface area contributed by atoms with E-state index >= 15 is 0 Å². The summed E-state index contributed by atoms with van der Waals surface area (Å²) in [4.78, 5) is 17.0. The van der Waals surface area contributed by atoms with Gasteiger partial charge in [-0.1, -0.05) is 25.1 Å². The number of hydrogen-bond donors (Lipinski definition) is 0. The molecule has 0 aliphatic carbocycles. The van der Waals surface area contributed by atoms with Crippen LogP contribution in [0.3, 0.4) is 0 Å². The molecular weight excluding hydrogens is 421 g/mol. The minimum absolute atomic E-state index is 0.0362. The summed E-state index contributed by atoms with van der Waals surface area (Å²) in [6, 6.07) is 6.65. The molecule has 154 valence electrons. The van der Waals surface area contributed by atoms with Gasteiger partial charge in [0.2, 0.25) is 15.8 Å². The Morgan fingerprint density at radius 2 is 2.03 bits per heavy atom. The zero-order valence-electron chi connectivity index (χ0n) is 15.7. The summed E-state index contributed by atoms with van der Waals surface area (Å²) >= 11 is 1.42. The zero-order valence-corrected chi connectivity index (χ0v) is 17.3.